The summed E-state index contributed by atoms with van der Waals surface area (Å²) in [6.45, 7) is 2.84. The van der Waals surface area contributed by atoms with Gasteiger partial charge in [0.15, 0.2) is 0 Å². The maximum atomic E-state index is 11.6. The van der Waals surface area contributed by atoms with Gasteiger partial charge in [0, 0.05) is 29.9 Å². The van der Waals surface area contributed by atoms with E-state index in [4.69, 9.17) is 4.74 Å². The number of amides is 1. The zero-order valence-corrected chi connectivity index (χ0v) is 11.9. The number of carbonyl (C=O) groups excluding carboxylic acids is 1. The second-order valence-electron chi connectivity index (χ2n) is 5.73. The number of ether oxygens (including phenoxy) is 1. The molecule has 0 aromatic heterocycles. The van der Waals surface area contributed by atoms with Gasteiger partial charge >= 0.3 is 0 Å². The van der Waals surface area contributed by atoms with Gasteiger partial charge in [0.05, 0.1) is 6.10 Å². The fourth-order valence-electron chi connectivity index (χ4n) is 2.53. The Balaban J connectivity index is 1.45. The van der Waals surface area contributed by atoms with E-state index < -0.39 is 0 Å². The molecule has 0 radical (unpaired) electrons. The highest BCUT2D eigenvalue weighted by Gasteiger charge is 2.30. The highest BCUT2D eigenvalue weighted by atomic mass is 16.5. The summed E-state index contributed by atoms with van der Waals surface area (Å²) in [5.74, 6) is 0.405. The summed E-state index contributed by atoms with van der Waals surface area (Å²) in [4.78, 5) is 11.6. The standard InChI is InChI=1S/C16H22N2O2/c1-2-20-15-9-14(10-15)17-12-5-7-13(8-6-12)18-16(19)11-3-4-11/h5-8,11,14-15,17H,2-4,9-10H2,1H3,(H,18,19). The molecule has 2 aliphatic rings. The predicted octanol–water partition coefficient (Wildman–Crippen LogP) is 3.01. The third-order valence-corrected chi connectivity index (χ3v) is 3.97. The van der Waals surface area contributed by atoms with Crippen molar-refractivity contribution >= 4 is 17.3 Å². The van der Waals surface area contributed by atoms with Gasteiger partial charge < -0.3 is 15.4 Å². The van der Waals surface area contributed by atoms with E-state index in [1.54, 1.807) is 0 Å². The van der Waals surface area contributed by atoms with Gasteiger partial charge in [0.25, 0.3) is 0 Å². The summed E-state index contributed by atoms with van der Waals surface area (Å²) in [6.07, 6.45) is 4.65. The smallest absolute Gasteiger partial charge is 0.227 e. The Bertz CT molecular complexity index is 462. The minimum absolute atomic E-state index is 0.157. The van der Waals surface area contributed by atoms with Crippen molar-refractivity contribution in [2.24, 2.45) is 5.92 Å². The van der Waals surface area contributed by atoms with Gasteiger partial charge in [0.1, 0.15) is 0 Å². The van der Waals surface area contributed by atoms with E-state index >= 15 is 0 Å². The molecule has 1 aromatic carbocycles. The number of hydrogen-bond acceptors (Lipinski definition) is 3. The lowest BCUT2D eigenvalue weighted by Gasteiger charge is -2.36. The third kappa shape index (κ3) is 3.31. The van der Waals surface area contributed by atoms with Crippen LogP contribution >= 0.6 is 0 Å². The van der Waals surface area contributed by atoms with Gasteiger partial charge in [0.2, 0.25) is 5.91 Å². The largest absolute Gasteiger partial charge is 0.382 e. The van der Waals surface area contributed by atoms with E-state index in [9.17, 15) is 4.79 Å². The van der Waals surface area contributed by atoms with Crippen molar-refractivity contribution in [1.29, 1.82) is 0 Å². The molecule has 0 heterocycles. The predicted molar refractivity (Wildman–Crippen MR) is 79.9 cm³/mol. The SMILES string of the molecule is CCOC1CC(Nc2ccc(NC(=O)C3CC3)cc2)C1. The molecule has 1 aromatic rings. The lowest BCUT2D eigenvalue weighted by molar-refractivity contribution is -0.117. The van der Waals surface area contributed by atoms with E-state index in [2.05, 4.69) is 10.6 Å². The molecule has 1 amide bonds. The minimum Gasteiger partial charge on any atom is -0.382 e. The van der Waals surface area contributed by atoms with Crippen LogP contribution in [-0.2, 0) is 9.53 Å². The number of carbonyl (C=O) groups is 1. The van der Waals surface area contributed by atoms with E-state index in [1.165, 1.54) is 0 Å². The third-order valence-electron chi connectivity index (χ3n) is 3.97. The lowest BCUT2D eigenvalue weighted by atomic mass is 9.89. The summed E-state index contributed by atoms with van der Waals surface area (Å²) in [7, 11) is 0. The Morgan fingerprint density at radius 3 is 2.45 bits per heavy atom. The van der Waals surface area contributed by atoms with Crippen LogP contribution in [-0.4, -0.2) is 24.7 Å². The molecule has 4 heteroatoms. The van der Waals surface area contributed by atoms with Gasteiger partial charge in [-0.05, 0) is 56.9 Å². The Hall–Kier alpha value is -1.55. The highest BCUT2D eigenvalue weighted by molar-refractivity contribution is 5.94. The molecule has 3 rings (SSSR count). The molecular formula is C16H22N2O2. The zero-order chi connectivity index (χ0) is 13.9. The molecule has 0 aliphatic heterocycles. The molecular weight excluding hydrogens is 252 g/mol. The van der Waals surface area contributed by atoms with Gasteiger partial charge in [-0.25, -0.2) is 0 Å². The number of rotatable bonds is 6. The Morgan fingerprint density at radius 2 is 1.85 bits per heavy atom. The van der Waals surface area contributed by atoms with E-state index in [-0.39, 0.29) is 11.8 Å². The second kappa shape index (κ2) is 5.83. The summed E-state index contributed by atoms with van der Waals surface area (Å²) >= 11 is 0. The van der Waals surface area contributed by atoms with Crippen LogP contribution in [0, 0.1) is 5.92 Å². The van der Waals surface area contributed by atoms with Crippen molar-refractivity contribution in [2.75, 3.05) is 17.2 Å². The van der Waals surface area contributed by atoms with Crippen molar-refractivity contribution in [1.82, 2.24) is 0 Å². The molecule has 0 spiro atoms. The summed E-state index contributed by atoms with van der Waals surface area (Å²) in [5.41, 5.74) is 1.99. The van der Waals surface area contributed by atoms with Crippen LogP contribution in [0.2, 0.25) is 0 Å². The fourth-order valence-corrected chi connectivity index (χ4v) is 2.53. The summed E-state index contributed by atoms with van der Waals surface area (Å²) in [6, 6.07) is 8.48. The van der Waals surface area contributed by atoms with Gasteiger partial charge in [-0.2, -0.15) is 0 Å². The lowest BCUT2D eigenvalue weighted by Crippen LogP contribution is -2.40. The highest BCUT2D eigenvalue weighted by Crippen LogP contribution is 2.30. The van der Waals surface area contributed by atoms with Crippen LogP contribution in [0.4, 0.5) is 11.4 Å². The first kappa shape index (κ1) is 13.4. The number of hydrogen-bond donors (Lipinski definition) is 2. The number of anilines is 2. The van der Waals surface area contributed by atoms with Crippen LogP contribution in [0.1, 0.15) is 32.6 Å². The van der Waals surface area contributed by atoms with E-state index in [0.29, 0.717) is 12.1 Å². The monoisotopic (exact) mass is 274 g/mol. The molecule has 4 nitrogen and oxygen atoms in total. The maximum Gasteiger partial charge on any atom is 0.227 e. The molecule has 2 aliphatic carbocycles. The van der Waals surface area contributed by atoms with Crippen molar-refractivity contribution in [3.63, 3.8) is 0 Å². The topological polar surface area (TPSA) is 50.4 Å². The average Bonchev–Trinajstić information content (AvgIpc) is 3.23. The first-order valence-electron chi connectivity index (χ1n) is 7.53. The molecule has 0 saturated heterocycles. The molecule has 0 bridgehead atoms. The van der Waals surface area contributed by atoms with E-state index in [0.717, 1.165) is 43.7 Å². The first-order valence-corrected chi connectivity index (χ1v) is 7.53. The number of nitrogens with one attached hydrogen (secondary N) is 2. The van der Waals surface area contributed by atoms with Crippen molar-refractivity contribution < 1.29 is 9.53 Å². The summed E-state index contributed by atoms with van der Waals surface area (Å²) in [5, 5.41) is 6.44. The van der Waals surface area contributed by atoms with Crippen molar-refractivity contribution in [3.8, 4) is 0 Å². The molecule has 108 valence electrons. The molecule has 2 saturated carbocycles. The van der Waals surface area contributed by atoms with E-state index in [1.807, 2.05) is 31.2 Å². The van der Waals surface area contributed by atoms with Crippen LogP contribution in [0.25, 0.3) is 0 Å². The van der Waals surface area contributed by atoms with Crippen LogP contribution in [0.5, 0.6) is 0 Å². The van der Waals surface area contributed by atoms with Gasteiger partial charge in [-0.3, -0.25) is 4.79 Å². The quantitative estimate of drug-likeness (QED) is 0.838. The molecule has 20 heavy (non-hydrogen) atoms. The second-order valence-corrected chi connectivity index (χ2v) is 5.73. The van der Waals surface area contributed by atoms with Gasteiger partial charge in [-0.15, -0.1) is 0 Å². The summed E-state index contributed by atoms with van der Waals surface area (Å²) < 4.78 is 5.55. The minimum atomic E-state index is 0.157. The Kier molecular flexibility index (Phi) is 3.92. The molecule has 0 unspecified atom stereocenters. The number of benzene rings is 1. The average molecular weight is 274 g/mol. The first-order chi connectivity index (χ1) is 9.74. The van der Waals surface area contributed by atoms with Crippen molar-refractivity contribution in [3.05, 3.63) is 24.3 Å². The normalized spacial score (nSPS) is 24.9. The zero-order valence-electron chi connectivity index (χ0n) is 11.9. The maximum absolute atomic E-state index is 11.6. The molecule has 0 atom stereocenters. The van der Waals surface area contributed by atoms with Crippen LogP contribution in [0.15, 0.2) is 24.3 Å². The molecule has 2 fully saturated rings. The molecule has 2 N–H and O–H groups in total. The van der Waals surface area contributed by atoms with Crippen molar-refractivity contribution in [2.45, 2.75) is 44.8 Å². The fraction of sp³-hybridized carbons (Fsp3) is 0.562. The van der Waals surface area contributed by atoms with Crippen LogP contribution < -0.4 is 10.6 Å². The Morgan fingerprint density at radius 1 is 1.20 bits per heavy atom. The van der Waals surface area contributed by atoms with Crippen LogP contribution in [0.3, 0.4) is 0 Å². The van der Waals surface area contributed by atoms with Gasteiger partial charge in [-0.1, -0.05) is 0 Å². The Labute approximate surface area is 119 Å².